The monoisotopic (exact) mass is 248 g/mol. The molecule has 0 fully saturated rings. The van der Waals surface area contributed by atoms with Crippen LogP contribution in [0.5, 0.6) is 0 Å². The summed E-state index contributed by atoms with van der Waals surface area (Å²) in [5, 5.41) is 0. The zero-order valence-corrected chi connectivity index (χ0v) is 11.5. The molecule has 0 rings (SSSR count). The molecule has 0 aromatic heterocycles. The number of ether oxygens (including phenoxy) is 1. The molecule has 6 heteroatoms. The molecule has 0 atom stereocenters. The highest BCUT2D eigenvalue weighted by Crippen LogP contribution is 2.11. The molecular formula is C10H20O5Si. The third-order valence-corrected chi connectivity index (χ3v) is 4.50. The number of hydrogen-bond acceptors (Lipinski definition) is 5. The van der Waals surface area contributed by atoms with Gasteiger partial charge in [-0.25, -0.2) is 4.79 Å². The minimum absolute atomic E-state index is 0.370. The molecule has 94 valence electrons. The van der Waals surface area contributed by atoms with Crippen molar-refractivity contribution in [2.75, 3.05) is 27.9 Å². The van der Waals surface area contributed by atoms with Crippen molar-refractivity contribution < 1.29 is 22.8 Å². The molecule has 0 heterocycles. The fourth-order valence-corrected chi connectivity index (χ4v) is 2.56. The van der Waals surface area contributed by atoms with E-state index < -0.39 is 8.80 Å². The lowest BCUT2D eigenvalue weighted by Gasteiger charge is -2.21. The van der Waals surface area contributed by atoms with Crippen molar-refractivity contribution in [2.45, 2.75) is 20.3 Å². The molecule has 0 aliphatic rings. The molecule has 0 radical (unpaired) electrons. The summed E-state index contributed by atoms with van der Waals surface area (Å²) in [6.45, 7) is 3.99. The Labute approximate surface area is 97.7 Å². The van der Waals surface area contributed by atoms with Gasteiger partial charge in [0, 0.05) is 26.9 Å². The molecule has 0 spiro atoms. The van der Waals surface area contributed by atoms with Gasteiger partial charge in [0.15, 0.2) is 0 Å². The van der Waals surface area contributed by atoms with Crippen LogP contribution in [0.4, 0.5) is 0 Å². The molecule has 0 aliphatic heterocycles. The van der Waals surface area contributed by atoms with E-state index in [0.29, 0.717) is 12.2 Å². The Hall–Kier alpha value is -0.693. The smallest absolute Gasteiger partial charge is 0.462 e. The van der Waals surface area contributed by atoms with Crippen molar-refractivity contribution in [1.29, 1.82) is 0 Å². The molecule has 0 aromatic carbocycles. The summed E-state index contributed by atoms with van der Waals surface area (Å²) in [5.41, 5.74) is 2.01. The summed E-state index contributed by atoms with van der Waals surface area (Å²) >= 11 is 0. The first kappa shape index (κ1) is 15.3. The van der Waals surface area contributed by atoms with Gasteiger partial charge in [0.05, 0.1) is 6.61 Å². The minimum atomic E-state index is -2.85. The molecule has 0 saturated heterocycles. The van der Waals surface area contributed by atoms with Crippen molar-refractivity contribution in [3.63, 3.8) is 0 Å². The molecule has 0 bridgehead atoms. The second-order valence-corrected chi connectivity index (χ2v) is 5.90. The van der Waals surface area contributed by atoms with E-state index in [-0.39, 0.29) is 5.97 Å². The zero-order valence-electron chi connectivity index (χ0n) is 10.5. The van der Waals surface area contributed by atoms with Crippen molar-refractivity contribution >= 4 is 14.8 Å². The van der Waals surface area contributed by atoms with Gasteiger partial charge in [0.25, 0.3) is 0 Å². The second-order valence-electron chi connectivity index (χ2n) is 3.18. The van der Waals surface area contributed by atoms with Crippen LogP contribution in [0.1, 0.15) is 20.3 Å². The van der Waals surface area contributed by atoms with Crippen LogP contribution in [0, 0.1) is 0 Å². The van der Waals surface area contributed by atoms with Crippen LogP contribution in [-0.2, 0) is 22.8 Å². The summed E-state index contributed by atoms with van der Waals surface area (Å²) in [6, 6.07) is 0. The summed E-state index contributed by atoms with van der Waals surface area (Å²) in [6.07, 6.45) is 0.792. The lowest BCUT2D eigenvalue weighted by molar-refractivity contribution is -0.139. The third kappa shape index (κ3) is 4.44. The normalized spacial score (nSPS) is 12.7. The molecular weight excluding hydrogens is 228 g/mol. The van der Waals surface area contributed by atoms with Gasteiger partial charge in [0.2, 0.25) is 0 Å². The number of carbonyl (C=O) groups is 1. The van der Waals surface area contributed by atoms with Gasteiger partial charge in [0.1, 0.15) is 0 Å². The van der Waals surface area contributed by atoms with Crippen LogP contribution in [0.2, 0.25) is 0 Å². The molecule has 0 saturated carbocycles. The zero-order chi connectivity index (χ0) is 12.6. The molecule has 5 nitrogen and oxygen atoms in total. The predicted octanol–water partition coefficient (Wildman–Crippen LogP) is 1.30. The van der Waals surface area contributed by atoms with Gasteiger partial charge in [-0.05, 0) is 19.0 Å². The van der Waals surface area contributed by atoms with Gasteiger partial charge < -0.3 is 18.0 Å². The average Bonchev–Trinajstić information content (AvgIpc) is 2.32. The van der Waals surface area contributed by atoms with E-state index in [4.69, 9.17) is 18.0 Å². The SMILES string of the molecule is CCCOC(=O)C(C)=C[Si](OC)(OC)OC. The standard InChI is InChI=1S/C10H20O5Si/c1-6-7-15-10(11)9(2)8-16(12-3,13-4)14-5/h8H,6-7H2,1-5H3. The van der Waals surface area contributed by atoms with Gasteiger partial charge in [-0.1, -0.05) is 6.92 Å². The van der Waals surface area contributed by atoms with Crippen LogP contribution in [-0.4, -0.2) is 42.7 Å². The van der Waals surface area contributed by atoms with Crippen molar-refractivity contribution in [2.24, 2.45) is 0 Å². The Kier molecular flexibility index (Phi) is 7.23. The number of hydrogen-bond donors (Lipinski definition) is 0. The third-order valence-electron chi connectivity index (χ3n) is 2.01. The van der Waals surface area contributed by atoms with Crippen LogP contribution < -0.4 is 0 Å². The lowest BCUT2D eigenvalue weighted by Crippen LogP contribution is -2.41. The van der Waals surface area contributed by atoms with E-state index in [9.17, 15) is 4.79 Å². The van der Waals surface area contributed by atoms with Gasteiger partial charge >= 0.3 is 14.8 Å². The van der Waals surface area contributed by atoms with E-state index in [0.717, 1.165) is 6.42 Å². The molecule has 0 N–H and O–H groups in total. The summed E-state index contributed by atoms with van der Waals surface area (Å²) in [4.78, 5) is 11.5. The molecule has 0 aromatic rings. The van der Waals surface area contributed by atoms with E-state index in [1.54, 1.807) is 12.6 Å². The maximum atomic E-state index is 11.5. The predicted molar refractivity (Wildman–Crippen MR) is 61.8 cm³/mol. The van der Waals surface area contributed by atoms with E-state index in [1.165, 1.54) is 21.3 Å². The largest absolute Gasteiger partial charge is 0.529 e. The van der Waals surface area contributed by atoms with Gasteiger partial charge in [-0.15, -0.1) is 0 Å². The first-order valence-electron chi connectivity index (χ1n) is 5.07. The number of rotatable bonds is 7. The Balaban J connectivity index is 4.65. The van der Waals surface area contributed by atoms with Gasteiger partial charge in [-0.2, -0.15) is 0 Å². The highest BCUT2D eigenvalue weighted by atomic mass is 28.4. The molecule has 0 aliphatic carbocycles. The Morgan fingerprint density at radius 1 is 1.19 bits per heavy atom. The Morgan fingerprint density at radius 3 is 2.06 bits per heavy atom. The number of carbonyl (C=O) groups excluding carboxylic acids is 1. The van der Waals surface area contributed by atoms with Crippen LogP contribution in [0.25, 0.3) is 0 Å². The van der Waals surface area contributed by atoms with E-state index >= 15 is 0 Å². The first-order valence-corrected chi connectivity index (χ1v) is 6.87. The minimum Gasteiger partial charge on any atom is -0.462 e. The van der Waals surface area contributed by atoms with Crippen molar-refractivity contribution in [3.05, 3.63) is 11.3 Å². The number of esters is 1. The quantitative estimate of drug-likeness (QED) is 0.386. The molecule has 0 unspecified atom stereocenters. The van der Waals surface area contributed by atoms with Crippen LogP contribution in [0.3, 0.4) is 0 Å². The molecule has 16 heavy (non-hydrogen) atoms. The summed E-state index contributed by atoms with van der Waals surface area (Å²) < 4.78 is 20.5. The van der Waals surface area contributed by atoms with Crippen LogP contribution >= 0.6 is 0 Å². The van der Waals surface area contributed by atoms with E-state index in [2.05, 4.69) is 0 Å². The fourth-order valence-electron chi connectivity index (χ4n) is 1.06. The highest BCUT2D eigenvalue weighted by Gasteiger charge is 2.36. The highest BCUT2D eigenvalue weighted by molar-refractivity contribution is 6.66. The lowest BCUT2D eigenvalue weighted by atomic mass is 10.4. The molecule has 0 amide bonds. The maximum Gasteiger partial charge on any atom is 0.529 e. The summed E-state index contributed by atoms with van der Waals surface area (Å²) in [5.74, 6) is -0.370. The van der Waals surface area contributed by atoms with Gasteiger partial charge in [-0.3, -0.25) is 0 Å². The second kappa shape index (κ2) is 7.56. The fraction of sp³-hybridized carbons (Fsp3) is 0.700. The van der Waals surface area contributed by atoms with Crippen molar-refractivity contribution in [3.8, 4) is 0 Å². The topological polar surface area (TPSA) is 54.0 Å². The maximum absolute atomic E-state index is 11.5. The Morgan fingerprint density at radius 2 is 1.69 bits per heavy atom. The average molecular weight is 248 g/mol. The van der Waals surface area contributed by atoms with E-state index in [1.807, 2.05) is 6.92 Å². The summed E-state index contributed by atoms with van der Waals surface area (Å²) in [7, 11) is 1.61. The first-order chi connectivity index (χ1) is 7.55. The van der Waals surface area contributed by atoms with Crippen molar-refractivity contribution in [1.82, 2.24) is 0 Å². The Bertz CT molecular complexity index is 239. The van der Waals surface area contributed by atoms with Crippen LogP contribution in [0.15, 0.2) is 11.3 Å².